The van der Waals surface area contributed by atoms with Crippen LogP contribution in [-0.4, -0.2) is 27.8 Å². The molecule has 0 unspecified atom stereocenters. The minimum atomic E-state index is -0.0546. The molecular weight excluding hydrogens is 522 g/mol. The van der Waals surface area contributed by atoms with Gasteiger partial charge in [0.1, 0.15) is 0 Å². The van der Waals surface area contributed by atoms with E-state index in [1.807, 2.05) is 12.3 Å². The largest absolute Gasteiger partial charge is 0.370 e. The fourth-order valence-electron chi connectivity index (χ4n) is 7.10. The van der Waals surface area contributed by atoms with E-state index in [9.17, 15) is 0 Å². The summed E-state index contributed by atoms with van der Waals surface area (Å²) in [7, 11) is 0. The third-order valence-corrected chi connectivity index (χ3v) is 9.83. The van der Waals surface area contributed by atoms with Gasteiger partial charge in [0, 0.05) is 42.4 Å². The van der Waals surface area contributed by atoms with E-state index in [0.29, 0.717) is 11.2 Å². The Hall–Kier alpha value is -2.57. The molecule has 3 fully saturated rings. The Labute approximate surface area is 243 Å². The fourth-order valence-corrected chi connectivity index (χ4v) is 7.74. The number of rotatable bonds is 5. The van der Waals surface area contributed by atoms with Crippen molar-refractivity contribution in [3.63, 3.8) is 0 Å². The molecule has 1 saturated carbocycles. The van der Waals surface area contributed by atoms with Crippen LogP contribution in [0.25, 0.3) is 0 Å². The summed E-state index contributed by atoms with van der Waals surface area (Å²) in [6, 6.07) is 15.5. The van der Waals surface area contributed by atoms with E-state index in [4.69, 9.17) is 28.8 Å². The molecule has 1 N–H and O–H groups in total. The predicted octanol–water partition coefficient (Wildman–Crippen LogP) is 8.07. The fraction of sp³-hybridized carbons (Fsp3) is 0.500. The zero-order valence-electron chi connectivity index (χ0n) is 23.4. The molecule has 5 nitrogen and oxygen atoms in total. The predicted molar refractivity (Wildman–Crippen MR) is 166 cm³/mol. The number of anilines is 2. The first kappa shape index (κ1) is 26.6. The number of nitrogens with zero attached hydrogens (tertiary/aromatic N) is 4. The Kier molecular flexibility index (Phi) is 7.60. The summed E-state index contributed by atoms with van der Waals surface area (Å²) in [5.74, 6) is 0.782. The normalized spacial score (nSPS) is 22.9. The van der Waals surface area contributed by atoms with Crippen LogP contribution in [0.1, 0.15) is 92.6 Å². The lowest BCUT2D eigenvalue weighted by Gasteiger charge is -2.33. The Morgan fingerprint density at radius 2 is 1.74 bits per heavy atom. The van der Waals surface area contributed by atoms with Crippen LogP contribution in [0, 0.1) is 19.8 Å². The van der Waals surface area contributed by atoms with Crippen molar-refractivity contribution < 1.29 is 0 Å². The van der Waals surface area contributed by atoms with Gasteiger partial charge < -0.3 is 19.7 Å². The first-order valence-corrected chi connectivity index (χ1v) is 15.4. The van der Waals surface area contributed by atoms with Gasteiger partial charge in [-0.25, -0.2) is 0 Å². The smallest absolute Gasteiger partial charge is 0.174 e. The molecule has 2 aliphatic heterocycles. The number of thiocarbonyl (C=S) groups is 1. The van der Waals surface area contributed by atoms with E-state index in [1.165, 1.54) is 61.9 Å². The van der Waals surface area contributed by atoms with Gasteiger partial charge >= 0.3 is 0 Å². The SMILES string of the molecule is Cc1cc([C@H]2[C@H](c3ccccn3)NC(=S)N2c2ccc(N3CCC(C)CC3)c(Cl)c2)c(C)n1C1CCCCC1. The number of hydrogen-bond donors (Lipinski definition) is 1. The van der Waals surface area contributed by atoms with E-state index in [-0.39, 0.29) is 12.1 Å². The summed E-state index contributed by atoms with van der Waals surface area (Å²) in [6.45, 7) is 9.01. The molecule has 1 aromatic carbocycles. The van der Waals surface area contributed by atoms with Crippen molar-refractivity contribution in [2.24, 2.45) is 5.92 Å². The average molecular weight is 562 g/mol. The lowest BCUT2D eigenvalue weighted by atomic mass is 9.94. The van der Waals surface area contributed by atoms with E-state index >= 15 is 0 Å². The topological polar surface area (TPSA) is 36.3 Å². The number of pyridine rings is 1. The summed E-state index contributed by atoms with van der Waals surface area (Å²) >= 11 is 13.0. The molecule has 2 saturated heterocycles. The quantitative estimate of drug-likeness (QED) is 0.319. The van der Waals surface area contributed by atoms with Crippen molar-refractivity contribution in [3.05, 3.63) is 76.3 Å². The van der Waals surface area contributed by atoms with Crippen LogP contribution in [0.15, 0.2) is 48.7 Å². The average Bonchev–Trinajstić information content (AvgIpc) is 3.45. The lowest BCUT2D eigenvalue weighted by molar-refractivity contribution is 0.345. The van der Waals surface area contributed by atoms with Crippen molar-refractivity contribution in [2.45, 2.75) is 83.8 Å². The number of aryl methyl sites for hydroxylation is 1. The summed E-state index contributed by atoms with van der Waals surface area (Å²) in [6.07, 6.45) is 10.8. The minimum Gasteiger partial charge on any atom is -0.370 e. The Balaban J connectivity index is 1.40. The molecule has 0 amide bonds. The van der Waals surface area contributed by atoms with Gasteiger partial charge in [-0.2, -0.15) is 0 Å². The van der Waals surface area contributed by atoms with Crippen LogP contribution in [0.2, 0.25) is 5.02 Å². The van der Waals surface area contributed by atoms with Crippen molar-refractivity contribution in [3.8, 4) is 0 Å². The van der Waals surface area contributed by atoms with Crippen LogP contribution in [0.5, 0.6) is 0 Å². The van der Waals surface area contributed by atoms with Crippen molar-refractivity contribution >= 4 is 40.3 Å². The molecule has 7 heteroatoms. The number of halogens is 1. The van der Waals surface area contributed by atoms with Gasteiger partial charge in [-0.1, -0.05) is 43.9 Å². The zero-order valence-corrected chi connectivity index (χ0v) is 24.9. The van der Waals surface area contributed by atoms with Crippen LogP contribution in [-0.2, 0) is 0 Å². The second-order valence-corrected chi connectivity index (χ2v) is 12.6. The molecule has 3 aromatic rings. The number of piperidine rings is 1. The summed E-state index contributed by atoms with van der Waals surface area (Å²) in [5, 5.41) is 5.14. The van der Waals surface area contributed by atoms with Crippen molar-refractivity contribution in [1.82, 2.24) is 14.9 Å². The molecule has 2 aromatic heterocycles. The molecule has 0 radical (unpaired) electrons. The van der Waals surface area contributed by atoms with Gasteiger partial charge in [-0.15, -0.1) is 0 Å². The maximum Gasteiger partial charge on any atom is 0.174 e. The maximum atomic E-state index is 6.99. The summed E-state index contributed by atoms with van der Waals surface area (Å²) in [4.78, 5) is 9.46. The maximum absolute atomic E-state index is 6.99. The third-order valence-electron chi connectivity index (χ3n) is 9.21. The summed E-state index contributed by atoms with van der Waals surface area (Å²) in [5.41, 5.74) is 7.13. The van der Waals surface area contributed by atoms with Gasteiger partial charge in [-0.3, -0.25) is 4.98 Å². The molecular formula is C32H40ClN5S. The Morgan fingerprint density at radius 1 is 0.974 bits per heavy atom. The second-order valence-electron chi connectivity index (χ2n) is 11.8. The second kappa shape index (κ2) is 11.1. The molecule has 0 bridgehead atoms. The highest BCUT2D eigenvalue weighted by atomic mass is 35.5. The number of hydrogen-bond acceptors (Lipinski definition) is 3. The van der Waals surface area contributed by atoms with Crippen LogP contribution >= 0.6 is 23.8 Å². The molecule has 3 aliphatic rings. The Bertz CT molecular complexity index is 1320. The first-order valence-electron chi connectivity index (χ1n) is 14.7. The third kappa shape index (κ3) is 5.06. The van der Waals surface area contributed by atoms with Gasteiger partial charge in [0.25, 0.3) is 0 Å². The van der Waals surface area contributed by atoms with Crippen LogP contribution in [0.3, 0.4) is 0 Å². The first-order chi connectivity index (χ1) is 18.9. The molecule has 2 atom stereocenters. The van der Waals surface area contributed by atoms with Crippen LogP contribution in [0.4, 0.5) is 11.4 Å². The zero-order chi connectivity index (χ0) is 27.1. The van der Waals surface area contributed by atoms with E-state index in [0.717, 1.165) is 41.1 Å². The number of nitrogens with one attached hydrogen (secondary N) is 1. The number of aromatic nitrogens is 2. The lowest BCUT2D eigenvalue weighted by Crippen LogP contribution is -2.33. The standard InChI is InChI=1S/C32H40ClN5S/c1-21-14-17-36(18-15-21)29-13-12-25(20-27(29)33)38-31(30(35-32(38)39)28-11-7-8-16-34-28)26-19-22(2)37(23(26)3)24-9-5-4-6-10-24/h7-8,11-13,16,19-21,24,30-31H,4-6,9-10,14-15,17-18H2,1-3H3,(H,35,39)/t30-,31-/m0/s1. The van der Waals surface area contributed by atoms with E-state index in [2.05, 4.69) is 76.9 Å². The minimum absolute atomic E-state index is 0.0197. The molecule has 39 heavy (non-hydrogen) atoms. The summed E-state index contributed by atoms with van der Waals surface area (Å²) < 4.78 is 2.59. The van der Waals surface area contributed by atoms with E-state index < -0.39 is 0 Å². The van der Waals surface area contributed by atoms with Crippen LogP contribution < -0.4 is 15.1 Å². The van der Waals surface area contributed by atoms with Crippen molar-refractivity contribution in [1.29, 1.82) is 0 Å². The molecule has 1 aliphatic carbocycles. The molecule has 206 valence electrons. The Morgan fingerprint density at radius 3 is 2.44 bits per heavy atom. The van der Waals surface area contributed by atoms with Gasteiger partial charge in [-0.05, 0) is 99.6 Å². The highest BCUT2D eigenvalue weighted by Gasteiger charge is 2.42. The molecule has 6 rings (SSSR count). The molecule has 4 heterocycles. The highest BCUT2D eigenvalue weighted by Crippen LogP contribution is 2.46. The monoisotopic (exact) mass is 561 g/mol. The van der Waals surface area contributed by atoms with Crippen molar-refractivity contribution in [2.75, 3.05) is 22.9 Å². The number of benzene rings is 1. The molecule has 0 spiro atoms. The highest BCUT2D eigenvalue weighted by molar-refractivity contribution is 7.80. The van der Waals surface area contributed by atoms with Gasteiger partial charge in [0.05, 0.1) is 28.5 Å². The van der Waals surface area contributed by atoms with Gasteiger partial charge in [0.2, 0.25) is 0 Å². The van der Waals surface area contributed by atoms with E-state index in [1.54, 1.807) is 0 Å². The van der Waals surface area contributed by atoms with Gasteiger partial charge in [0.15, 0.2) is 5.11 Å².